The van der Waals surface area contributed by atoms with Crippen LogP contribution in [-0.2, 0) is 18.4 Å². The average Bonchev–Trinajstić information content (AvgIpc) is 3.44. The molecule has 2 unspecified atom stereocenters. The number of rotatable bonds is 7. The third kappa shape index (κ3) is 4.67. The maximum atomic E-state index is 13.8. The van der Waals surface area contributed by atoms with Gasteiger partial charge in [-0.1, -0.05) is 6.92 Å². The van der Waals surface area contributed by atoms with Gasteiger partial charge in [-0.15, -0.1) is 0 Å². The lowest BCUT2D eigenvalue weighted by Gasteiger charge is -2.27. The smallest absolute Gasteiger partial charge is 0.308 e. The molecule has 4 heterocycles. The first kappa shape index (κ1) is 27.9. The Hall–Kier alpha value is -4.66. The van der Waals surface area contributed by atoms with Crippen molar-refractivity contribution in [2.45, 2.75) is 52.1 Å². The summed E-state index contributed by atoms with van der Waals surface area (Å²) in [5.41, 5.74) is 5.94. The first-order valence-corrected chi connectivity index (χ1v) is 15.9. The van der Waals surface area contributed by atoms with Gasteiger partial charge in [0, 0.05) is 49.6 Å². The number of imidazole rings is 1. The van der Waals surface area contributed by atoms with E-state index >= 15 is 0 Å². The van der Waals surface area contributed by atoms with Crippen LogP contribution in [0.25, 0.3) is 44.8 Å². The molecule has 0 radical (unpaired) electrons. The predicted molar refractivity (Wildman–Crippen MR) is 172 cm³/mol. The number of likely N-dealkylation sites (tertiary alicyclic amines) is 1. The van der Waals surface area contributed by atoms with Gasteiger partial charge >= 0.3 is 5.97 Å². The summed E-state index contributed by atoms with van der Waals surface area (Å²) in [5, 5.41) is 1.04. The Kier molecular flexibility index (Phi) is 6.48. The van der Waals surface area contributed by atoms with E-state index in [1.807, 2.05) is 37.4 Å². The topological polar surface area (TPSA) is 91.5 Å². The Bertz CT molecular complexity index is 1990. The van der Waals surface area contributed by atoms with E-state index in [0.29, 0.717) is 40.9 Å². The molecule has 2 bridgehead atoms. The van der Waals surface area contributed by atoms with Crippen molar-refractivity contribution < 1.29 is 19.1 Å². The summed E-state index contributed by atoms with van der Waals surface area (Å²) >= 11 is 0. The van der Waals surface area contributed by atoms with Crippen molar-refractivity contribution in [3.8, 4) is 34.3 Å². The van der Waals surface area contributed by atoms with Crippen LogP contribution in [0.1, 0.15) is 49.9 Å². The Morgan fingerprint density at radius 2 is 1.78 bits per heavy atom. The zero-order valence-electron chi connectivity index (χ0n) is 26.1. The van der Waals surface area contributed by atoms with Gasteiger partial charge in [-0.25, -0.2) is 9.97 Å². The van der Waals surface area contributed by atoms with Crippen molar-refractivity contribution in [1.29, 1.82) is 0 Å². The van der Waals surface area contributed by atoms with Crippen LogP contribution in [0.15, 0.2) is 54.6 Å². The average molecular weight is 604 g/mol. The van der Waals surface area contributed by atoms with Crippen LogP contribution < -0.4 is 9.47 Å². The van der Waals surface area contributed by atoms with E-state index in [9.17, 15) is 9.59 Å². The fraction of sp³-hybridized carbons (Fsp3) is 0.389. The fourth-order valence-corrected chi connectivity index (χ4v) is 7.60. The molecule has 9 heteroatoms. The first-order chi connectivity index (χ1) is 21.8. The Balaban J connectivity index is 1.20. The maximum absolute atomic E-state index is 13.8. The molecular weight excluding hydrogens is 566 g/mol. The minimum absolute atomic E-state index is 0.0712. The number of nitrogens with zero attached hydrogens (tertiary/aromatic N) is 5. The molecule has 3 atom stereocenters. The van der Waals surface area contributed by atoms with E-state index < -0.39 is 0 Å². The van der Waals surface area contributed by atoms with Crippen LogP contribution >= 0.6 is 0 Å². The minimum Gasteiger partial charge on any atom is -0.494 e. The molecule has 230 valence electrons. The third-order valence-electron chi connectivity index (χ3n) is 10.2. The number of aromatic nitrogens is 4. The number of esters is 1. The number of methoxy groups -OCH3 is 1. The molecule has 8 rings (SSSR count). The summed E-state index contributed by atoms with van der Waals surface area (Å²) in [5.74, 6) is 3.47. The van der Waals surface area contributed by atoms with E-state index in [-0.39, 0.29) is 11.9 Å². The SMILES string of the molecule is COc1cc(C(=O)N2CC3CCC2[C@@H]3C)cc2nc(-c3cc4ccc(-c5ccc(OC(C)=O)cc5)nc4n3CC3CC3)n(C)c12. The van der Waals surface area contributed by atoms with Crippen molar-refractivity contribution in [2.75, 3.05) is 13.7 Å². The van der Waals surface area contributed by atoms with Crippen LogP contribution in [0.4, 0.5) is 0 Å². The molecule has 5 aromatic rings. The summed E-state index contributed by atoms with van der Waals surface area (Å²) in [4.78, 5) is 37.5. The molecule has 9 nitrogen and oxygen atoms in total. The highest BCUT2D eigenvalue weighted by Gasteiger charge is 2.46. The lowest BCUT2D eigenvalue weighted by Crippen LogP contribution is -2.38. The van der Waals surface area contributed by atoms with Gasteiger partial charge in [-0.2, -0.15) is 0 Å². The number of ether oxygens (including phenoxy) is 2. The number of amides is 1. The second-order valence-electron chi connectivity index (χ2n) is 13.1. The lowest BCUT2D eigenvalue weighted by molar-refractivity contribution is -0.131. The molecule has 3 aliphatic rings. The third-order valence-corrected chi connectivity index (χ3v) is 10.2. The zero-order chi connectivity index (χ0) is 31.0. The van der Waals surface area contributed by atoms with Crippen LogP contribution in [0.3, 0.4) is 0 Å². The van der Waals surface area contributed by atoms with Crippen LogP contribution in [0.2, 0.25) is 0 Å². The summed E-state index contributed by atoms with van der Waals surface area (Å²) < 4.78 is 15.5. The predicted octanol–water partition coefficient (Wildman–Crippen LogP) is 6.47. The minimum atomic E-state index is -0.344. The van der Waals surface area contributed by atoms with Crippen LogP contribution in [0.5, 0.6) is 11.5 Å². The molecule has 45 heavy (non-hydrogen) atoms. The van der Waals surface area contributed by atoms with E-state index in [1.165, 1.54) is 26.2 Å². The number of hydrogen-bond donors (Lipinski definition) is 0. The molecular formula is C36H37N5O4. The lowest BCUT2D eigenvalue weighted by atomic mass is 10.0. The van der Waals surface area contributed by atoms with Gasteiger partial charge in [0.2, 0.25) is 0 Å². The van der Waals surface area contributed by atoms with Gasteiger partial charge in [0.1, 0.15) is 22.7 Å². The standard InChI is InChI=1S/C36H37N5O4/c1-20-25-10-14-30(20)41(19-25)36(43)26-15-29-33(32(17-26)44-4)39(3)35(38-29)31-16-24-9-13-28(37-34(24)40(31)18-22-5-6-22)23-7-11-27(12-8-23)45-21(2)42/h7-9,11-13,15-17,20,22,25,30H,5-6,10,14,18-19H2,1-4H3/t20-,25?,30?/m1/s1. The number of benzene rings is 2. The molecule has 1 saturated heterocycles. The Morgan fingerprint density at radius 3 is 2.44 bits per heavy atom. The highest BCUT2D eigenvalue weighted by Crippen LogP contribution is 2.44. The van der Waals surface area contributed by atoms with Gasteiger partial charge < -0.3 is 23.5 Å². The number of fused-ring (bicyclic) bond motifs is 4. The Morgan fingerprint density at radius 1 is 0.978 bits per heavy atom. The molecule has 2 aromatic carbocycles. The fourth-order valence-electron chi connectivity index (χ4n) is 7.60. The number of hydrogen-bond acceptors (Lipinski definition) is 6. The largest absolute Gasteiger partial charge is 0.494 e. The molecule has 1 aliphatic heterocycles. The van der Waals surface area contributed by atoms with Crippen molar-refractivity contribution in [1.82, 2.24) is 24.0 Å². The molecule has 0 spiro atoms. The molecule has 1 amide bonds. The van der Waals surface area contributed by atoms with Crippen molar-refractivity contribution in [3.63, 3.8) is 0 Å². The van der Waals surface area contributed by atoms with Gasteiger partial charge in [0.25, 0.3) is 5.91 Å². The monoisotopic (exact) mass is 603 g/mol. The summed E-state index contributed by atoms with van der Waals surface area (Å²) in [6, 6.07) is 17.9. The number of piperidine rings is 1. The summed E-state index contributed by atoms with van der Waals surface area (Å²) in [6.07, 6.45) is 4.71. The van der Waals surface area contributed by atoms with Gasteiger partial charge in [0.15, 0.2) is 5.82 Å². The molecule has 3 aromatic heterocycles. The van der Waals surface area contributed by atoms with Gasteiger partial charge in [-0.05, 0) is 98.0 Å². The van der Waals surface area contributed by atoms with Gasteiger partial charge in [0.05, 0.1) is 24.0 Å². The van der Waals surface area contributed by atoms with Crippen LogP contribution in [0, 0.1) is 17.8 Å². The Labute approximate surface area is 261 Å². The number of aryl methyl sites for hydroxylation is 1. The maximum Gasteiger partial charge on any atom is 0.308 e. The second kappa shape index (κ2) is 10.5. The highest BCUT2D eigenvalue weighted by molar-refractivity contribution is 6.00. The first-order valence-electron chi connectivity index (χ1n) is 15.9. The number of carbonyl (C=O) groups excluding carboxylic acids is 2. The van der Waals surface area contributed by atoms with E-state index in [0.717, 1.165) is 64.4 Å². The zero-order valence-corrected chi connectivity index (χ0v) is 26.1. The molecule has 0 N–H and O–H groups in total. The van der Waals surface area contributed by atoms with Crippen molar-refractivity contribution >= 4 is 33.9 Å². The second-order valence-corrected chi connectivity index (χ2v) is 13.1. The summed E-state index contributed by atoms with van der Waals surface area (Å²) in [7, 11) is 3.67. The van der Waals surface area contributed by atoms with E-state index in [1.54, 1.807) is 19.2 Å². The van der Waals surface area contributed by atoms with E-state index in [2.05, 4.69) is 33.1 Å². The summed E-state index contributed by atoms with van der Waals surface area (Å²) in [6.45, 7) is 5.38. The van der Waals surface area contributed by atoms with Crippen molar-refractivity contribution in [2.24, 2.45) is 24.8 Å². The number of pyridine rings is 1. The quantitative estimate of drug-likeness (QED) is 0.156. The van der Waals surface area contributed by atoms with Crippen molar-refractivity contribution in [3.05, 3.63) is 60.2 Å². The van der Waals surface area contributed by atoms with Crippen LogP contribution in [-0.4, -0.2) is 55.6 Å². The van der Waals surface area contributed by atoms with Gasteiger partial charge in [-0.3, -0.25) is 9.59 Å². The molecule has 2 aliphatic carbocycles. The highest BCUT2D eigenvalue weighted by atomic mass is 16.5. The molecule has 2 saturated carbocycles. The van der Waals surface area contributed by atoms with E-state index in [4.69, 9.17) is 19.4 Å². The molecule has 3 fully saturated rings. The normalized spacial score (nSPS) is 20.8. The number of carbonyl (C=O) groups is 2.